The van der Waals surface area contributed by atoms with Crippen LogP contribution in [0.4, 0.5) is 0 Å². The Morgan fingerprint density at radius 3 is 2.44 bits per heavy atom. The van der Waals surface area contributed by atoms with Gasteiger partial charge in [-0.15, -0.1) is 0 Å². The Balaban J connectivity index is 3.96. The zero-order chi connectivity index (χ0) is 12.6. The largest absolute Gasteiger partial charge is 0.388 e. The van der Waals surface area contributed by atoms with Crippen molar-refractivity contribution in [1.29, 1.82) is 0 Å². The number of nitrogens with one attached hydrogen (secondary N) is 1. The van der Waals surface area contributed by atoms with Gasteiger partial charge in [-0.1, -0.05) is 33.4 Å². The molecule has 1 atom stereocenters. The average molecular weight is 223 g/mol. The maximum Gasteiger partial charge on any atom is 0.129 e. The summed E-state index contributed by atoms with van der Waals surface area (Å²) in [6, 6.07) is 0. The smallest absolute Gasteiger partial charge is 0.129 e. The zero-order valence-corrected chi connectivity index (χ0v) is 11.0. The molecule has 0 saturated carbocycles. The van der Waals surface area contributed by atoms with Crippen molar-refractivity contribution >= 4 is 5.78 Å². The summed E-state index contributed by atoms with van der Waals surface area (Å²) in [6.45, 7) is 12.8. The molecule has 16 heavy (non-hydrogen) atoms. The van der Waals surface area contributed by atoms with Gasteiger partial charge in [0.15, 0.2) is 0 Å². The van der Waals surface area contributed by atoms with Crippen LogP contribution in [0.3, 0.4) is 0 Å². The van der Waals surface area contributed by atoms with Gasteiger partial charge in [0, 0.05) is 18.7 Å². The van der Waals surface area contributed by atoms with E-state index in [4.69, 9.17) is 0 Å². The molecule has 0 fully saturated rings. The van der Waals surface area contributed by atoms with Crippen LogP contribution in [0.15, 0.2) is 24.4 Å². The van der Waals surface area contributed by atoms with Crippen molar-refractivity contribution in [1.82, 2.24) is 5.32 Å². The molecule has 0 aromatic rings. The summed E-state index contributed by atoms with van der Waals surface area (Å²) in [4.78, 5) is 10.9. The van der Waals surface area contributed by atoms with Crippen LogP contribution in [0.2, 0.25) is 0 Å². The van der Waals surface area contributed by atoms with Gasteiger partial charge in [-0.05, 0) is 31.3 Å². The first kappa shape index (κ1) is 14.9. The number of hydrogen-bond acceptors (Lipinski definition) is 2. The fourth-order valence-corrected chi connectivity index (χ4v) is 1.43. The minimum atomic E-state index is 0.276. The molecular formula is C14H25NO. The molecule has 2 heteroatoms. The van der Waals surface area contributed by atoms with E-state index in [0.29, 0.717) is 18.3 Å². The number of carbonyl (C=O) groups excluding carboxylic acids is 1. The van der Waals surface area contributed by atoms with E-state index in [0.717, 1.165) is 13.0 Å². The van der Waals surface area contributed by atoms with Gasteiger partial charge in [0.2, 0.25) is 0 Å². The molecule has 2 nitrogen and oxygen atoms in total. The van der Waals surface area contributed by atoms with E-state index in [2.05, 4.69) is 32.7 Å². The van der Waals surface area contributed by atoms with E-state index in [1.807, 2.05) is 12.2 Å². The second kappa shape index (κ2) is 8.14. The van der Waals surface area contributed by atoms with Crippen LogP contribution in [0.1, 0.15) is 40.5 Å². The number of allylic oxidation sites excluding steroid dienone is 3. The van der Waals surface area contributed by atoms with Crippen LogP contribution in [0.25, 0.3) is 0 Å². The predicted octanol–water partition coefficient (Wildman–Crippen LogP) is 3.31. The normalized spacial score (nSPS) is 13.7. The molecule has 1 N–H and O–H groups in total. The highest BCUT2D eigenvalue weighted by Gasteiger charge is 2.06. The molecule has 0 bridgehead atoms. The van der Waals surface area contributed by atoms with Gasteiger partial charge in [0.1, 0.15) is 5.78 Å². The lowest BCUT2D eigenvalue weighted by molar-refractivity contribution is -0.117. The lowest BCUT2D eigenvalue weighted by atomic mass is 10.0. The zero-order valence-electron chi connectivity index (χ0n) is 11.0. The highest BCUT2D eigenvalue weighted by molar-refractivity contribution is 5.75. The van der Waals surface area contributed by atoms with Crippen LogP contribution in [-0.2, 0) is 4.79 Å². The van der Waals surface area contributed by atoms with Crippen LogP contribution in [0, 0.1) is 11.8 Å². The van der Waals surface area contributed by atoms with Crippen molar-refractivity contribution in [2.24, 2.45) is 11.8 Å². The molecule has 0 aliphatic carbocycles. The third kappa shape index (κ3) is 7.27. The van der Waals surface area contributed by atoms with E-state index >= 15 is 0 Å². The Kier molecular flexibility index (Phi) is 7.61. The third-order valence-corrected chi connectivity index (χ3v) is 2.56. The molecule has 0 unspecified atom stereocenters. The van der Waals surface area contributed by atoms with Crippen molar-refractivity contribution in [2.45, 2.75) is 40.5 Å². The summed E-state index contributed by atoms with van der Waals surface area (Å²) in [7, 11) is 0. The Morgan fingerprint density at radius 2 is 2.00 bits per heavy atom. The molecule has 0 heterocycles. The first-order valence-corrected chi connectivity index (χ1v) is 6.03. The van der Waals surface area contributed by atoms with E-state index in [-0.39, 0.29) is 5.78 Å². The number of Topliss-reactive ketones (excluding diaryl/α,β-unsaturated/α-hetero) is 1. The Labute approximate surface area is 99.8 Å². The lowest BCUT2D eigenvalue weighted by Gasteiger charge is -2.17. The monoisotopic (exact) mass is 223 g/mol. The molecule has 0 aliphatic rings. The Bertz CT molecular complexity index is 253. The van der Waals surface area contributed by atoms with Crippen molar-refractivity contribution in [3.8, 4) is 0 Å². The molecular weight excluding hydrogens is 198 g/mol. The van der Waals surface area contributed by atoms with E-state index < -0.39 is 0 Å². The molecule has 0 aromatic carbocycles. The van der Waals surface area contributed by atoms with Gasteiger partial charge in [0.05, 0.1) is 0 Å². The van der Waals surface area contributed by atoms with Gasteiger partial charge in [-0.25, -0.2) is 0 Å². The van der Waals surface area contributed by atoms with Crippen molar-refractivity contribution < 1.29 is 4.79 Å². The van der Waals surface area contributed by atoms with Gasteiger partial charge in [-0.2, -0.15) is 0 Å². The minimum absolute atomic E-state index is 0.276. The summed E-state index contributed by atoms with van der Waals surface area (Å²) in [5.41, 5.74) is 1.21. The second-order valence-electron chi connectivity index (χ2n) is 4.74. The maximum atomic E-state index is 10.9. The standard InChI is InChI=1S/C14H25NO/c1-6-7-14(11(2)3)15-10-12(4)8-9-13(5)16/h6-7,11-12,15H,1,8-10H2,2-5H3/b14-7+/t12-/m0/s1. The molecule has 0 saturated heterocycles. The van der Waals surface area contributed by atoms with E-state index in [9.17, 15) is 4.79 Å². The summed E-state index contributed by atoms with van der Waals surface area (Å²) < 4.78 is 0. The first-order chi connectivity index (χ1) is 7.47. The van der Waals surface area contributed by atoms with Crippen LogP contribution < -0.4 is 5.32 Å². The quantitative estimate of drug-likeness (QED) is 0.640. The summed E-state index contributed by atoms with van der Waals surface area (Å²) in [5, 5.41) is 3.42. The molecule has 0 aromatic heterocycles. The van der Waals surface area contributed by atoms with Crippen LogP contribution in [-0.4, -0.2) is 12.3 Å². The lowest BCUT2D eigenvalue weighted by Crippen LogP contribution is -2.23. The highest BCUT2D eigenvalue weighted by atomic mass is 16.1. The van der Waals surface area contributed by atoms with E-state index in [1.54, 1.807) is 6.92 Å². The summed E-state index contributed by atoms with van der Waals surface area (Å²) in [5.74, 6) is 1.28. The maximum absolute atomic E-state index is 10.9. The third-order valence-electron chi connectivity index (χ3n) is 2.56. The van der Waals surface area contributed by atoms with Gasteiger partial charge in [-0.3, -0.25) is 0 Å². The van der Waals surface area contributed by atoms with Crippen molar-refractivity contribution in [3.05, 3.63) is 24.4 Å². The summed E-state index contributed by atoms with van der Waals surface area (Å²) in [6.07, 6.45) is 5.47. The first-order valence-electron chi connectivity index (χ1n) is 6.03. The molecule has 0 aliphatic heterocycles. The molecule has 0 spiro atoms. The van der Waals surface area contributed by atoms with Gasteiger partial charge in [0.25, 0.3) is 0 Å². The fourth-order valence-electron chi connectivity index (χ4n) is 1.43. The number of ketones is 1. The highest BCUT2D eigenvalue weighted by Crippen LogP contribution is 2.09. The molecule has 0 rings (SSSR count). The number of rotatable bonds is 8. The minimum Gasteiger partial charge on any atom is -0.388 e. The van der Waals surface area contributed by atoms with Crippen molar-refractivity contribution in [3.63, 3.8) is 0 Å². The van der Waals surface area contributed by atoms with Gasteiger partial charge >= 0.3 is 0 Å². The van der Waals surface area contributed by atoms with Crippen LogP contribution in [0.5, 0.6) is 0 Å². The summed E-state index contributed by atoms with van der Waals surface area (Å²) >= 11 is 0. The topological polar surface area (TPSA) is 29.1 Å². The SMILES string of the molecule is C=C/C=C(/NC[C@@H](C)CCC(C)=O)C(C)C. The van der Waals surface area contributed by atoms with Crippen molar-refractivity contribution in [2.75, 3.05) is 6.54 Å². The van der Waals surface area contributed by atoms with Crippen LogP contribution >= 0.6 is 0 Å². The second-order valence-corrected chi connectivity index (χ2v) is 4.74. The molecule has 92 valence electrons. The van der Waals surface area contributed by atoms with Gasteiger partial charge < -0.3 is 10.1 Å². The fraction of sp³-hybridized carbons (Fsp3) is 0.643. The Morgan fingerprint density at radius 1 is 1.38 bits per heavy atom. The Hall–Kier alpha value is -1.05. The molecule has 0 amide bonds. The number of carbonyl (C=O) groups is 1. The van der Waals surface area contributed by atoms with E-state index in [1.165, 1.54) is 5.70 Å². The predicted molar refractivity (Wildman–Crippen MR) is 70.2 cm³/mol. The average Bonchev–Trinajstić information content (AvgIpc) is 2.20. The number of hydrogen-bond donors (Lipinski definition) is 1. The molecule has 0 radical (unpaired) electrons.